The maximum Gasteiger partial charge on any atom is 0.162 e. The van der Waals surface area contributed by atoms with Crippen molar-refractivity contribution in [2.24, 2.45) is 0 Å². The molecule has 0 aliphatic carbocycles. The van der Waals surface area contributed by atoms with E-state index in [1.54, 1.807) is 26.7 Å². The van der Waals surface area contributed by atoms with Gasteiger partial charge in [0.2, 0.25) is 0 Å². The normalized spacial score (nSPS) is 10.8. The Balaban J connectivity index is 1.96. The third kappa shape index (κ3) is 2.57. The summed E-state index contributed by atoms with van der Waals surface area (Å²) < 4.78 is 12.7. The van der Waals surface area contributed by atoms with Gasteiger partial charge in [-0.25, -0.2) is 15.0 Å². The molecule has 0 atom stereocenters. The lowest BCUT2D eigenvalue weighted by molar-refractivity contribution is 0.355. The second kappa shape index (κ2) is 6.24. The van der Waals surface area contributed by atoms with Crippen LogP contribution in [0.3, 0.4) is 0 Å². The lowest BCUT2D eigenvalue weighted by Gasteiger charge is -2.12. The highest BCUT2D eigenvalue weighted by molar-refractivity contribution is 5.89. The van der Waals surface area contributed by atoms with Crippen LogP contribution in [0.15, 0.2) is 61.2 Å². The zero-order chi connectivity index (χ0) is 17.2. The third-order valence-electron chi connectivity index (χ3n) is 4.02. The molecule has 4 rings (SSSR count). The number of benzene rings is 2. The number of fused-ring (bicyclic) bond motifs is 1. The molecule has 2 aromatic carbocycles. The van der Waals surface area contributed by atoms with Crippen LogP contribution >= 0.6 is 0 Å². The molecule has 6 heteroatoms. The van der Waals surface area contributed by atoms with Gasteiger partial charge in [-0.15, -0.1) is 0 Å². The smallest absolute Gasteiger partial charge is 0.162 e. The quantitative estimate of drug-likeness (QED) is 0.572. The number of nitrogens with zero attached hydrogens (tertiary/aromatic N) is 4. The summed E-state index contributed by atoms with van der Waals surface area (Å²) in [6.07, 6.45) is 5.19. The standard InChI is InChI=1S/C19H16N4O2/c1-24-16-10-14-15(11-17(16)25-2)21-12-22-19(14)23-9-8-20-18(23)13-6-4-3-5-7-13/h3-12H,1-2H3. The highest BCUT2D eigenvalue weighted by Gasteiger charge is 2.15. The van der Waals surface area contributed by atoms with Crippen LogP contribution in [0.25, 0.3) is 28.1 Å². The van der Waals surface area contributed by atoms with Gasteiger partial charge in [-0.3, -0.25) is 4.57 Å². The second-order valence-electron chi connectivity index (χ2n) is 5.41. The molecule has 0 saturated carbocycles. The third-order valence-corrected chi connectivity index (χ3v) is 4.02. The Labute approximate surface area is 144 Å². The molecule has 0 saturated heterocycles. The van der Waals surface area contributed by atoms with Gasteiger partial charge in [0.15, 0.2) is 11.5 Å². The number of imidazole rings is 1. The number of hydrogen-bond donors (Lipinski definition) is 0. The van der Waals surface area contributed by atoms with Crippen molar-refractivity contribution in [1.29, 1.82) is 0 Å². The predicted molar refractivity (Wildman–Crippen MR) is 95.2 cm³/mol. The maximum absolute atomic E-state index is 5.43. The van der Waals surface area contributed by atoms with Crippen LogP contribution in [0, 0.1) is 0 Å². The van der Waals surface area contributed by atoms with Crippen LogP contribution in [-0.2, 0) is 0 Å². The number of aromatic nitrogens is 4. The summed E-state index contributed by atoms with van der Waals surface area (Å²) in [6, 6.07) is 13.7. The Morgan fingerprint density at radius 2 is 1.64 bits per heavy atom. The zero-order valence-electron chi connectivity index (χ0n) is 13.9. The molecular formula is C19H16N4O2. The first-order chi connectivity index (χ1) is 12.3. The average molecular weight is 332 g/mol. The highest BCUT2D eigenvalue weighted by Crippen LogP contribution is 2.34. The first-order valence-electron chi connectivity index (χ1n) is 7.77. The molecule has 6 nitrogen and oxygen atoms in total. The Bertz CT molecular complexity index is 1030. The van der Waals surface area contributed by atoms with E-state index < -0.39 is 0 Å². The largest absolute Gasteiger partial charge is 0.493 e. The summed E-state index contributed by atoms with van der Waals surface area (Å²) in [5.41, 5.74) is 1.79. The van der Waals surface area contributed by atoms with Gasteiger partial charge in [-0.1, -0.05) is 30.3 Å². The molecule has 0 unspecified atom stereocenters. The van der Waals surface area contributed by atoms with Gasteiger partial charge in [-0.05, 0) is 6.07 Å². The topological polar surface area (TPSA) is 62.1 Å². The Morgan fingerprint density at radius 1 is 0.880 bits per heavy atom. The first-order valence-corrected chi connectivity index (χ1v) is 7.77. The molecule has 25 heavy (non-hydrogen) atoms. The van der Waals surface area contributed by atoms with Crippen molar-refractivity contribution in [3.05, 3.63) is 61.2 Å². The van der Waals surface area contributed by atoms with E-state index in [1.165, 1.54) is 0 Å². The molecule has 2 aromatic heterocycles. The van der Waals surface area contributed by atoms with Crippen molar-refractivity contribution < 1.29 is 9.47 Å². The number of ether oxygens (including phenoxy) is 2. The molecule has 124 valence electrons. The fourth-order valence-corrected chi connectivity index (χ4v) is 2.84. The van der Waals surface area contributed by atoms with Crippen molar-refractivity contribution >= 4 is 10.9 Å². The van der Waals surface area contributed by atoms with Gasteiger partial charge in [0.1, 0.15) is 18.0 Å². The summed E-state index contributed by atoms with van der Waals surface area (Å²) in [5.74, 6) is 2.82. The van der Waals surface area contributed by atoms with Gasteiger partial charge >= 0.3 is 0 Å². The minimum Gasteiger partial charge on any atom is -0.493 e. The fourth-order valence-electron chi connectivity index (χ4n) is 2.84. The van der Waals surface area contributed by atoms with E-state index in [4.69, 9.17) is 9.47 Å². The van der Waals surface area contributed by atoms with E-state index >= 15 is 0 Å². The second-order valence-corrected chi connectivity index (χ2v) is 5.41. The van der Waals surface area contributed by atoms with Crippen molar-refractivity contribution in [3.8, 4) is 28.7 Å². The van der Waals surface area contributed by atoms with E-state index in [0.717, 1.165) is 28.1 Å². The molecule has 0 aliphatic rings. The van der Waals surface area contributed by atoms with Crippen molar-refractivity contribution in [1.82, 2.24) is 19.5 Å². The zero-order valence-corrected chi connectivity index (χ0v) is 13.9. The van der Waals surface area contributed by atoms with Gasteiger partial charge < -0.3 is 9.47 Å². The van der Waals surface area contributed by atoms with E-state index in [0.29, 0.717) is 11.5 Å². The Kier molecular flexibility index (Phi) is 3.78. The number of hydrogen-bond acceptors (Lipinski definition) is 5. The van der Waals surface area contributed by atoms with Crippen molar-refractivity contribution in [2.45, 2.75) is 0 Å². The van der Waals surface area contributed by atoms with E-state index in [-0.39, 0.29) is 0 Å². The number of methoxy groups -OCH3 is 2. The minimum absolute atomic E-state index is 0.632. The van der Waals surface area contributed by atoms with Crippen LogP contribution in [0.2, 0.25) is 0 Å². The monoisotopic (exact) mass is 332 g/mol. The SMILES string of the molecule is COc1cc2ncnc(-n3ccnc3-c3ccccc3)c2cc1OC. The van der Waals surface area contributed by atoms with Crippen LogP contribution in [0.5, 0.6) is 11.5 Å². The van der Waals surface area contributed by atoms with E-state index in [1.807, 2.05) is 53.2 Å². The molecule has 0 bridgehead atoms. The molecule has 0 N–H and O–H groups in total. The van der Waals surface area contributed by atoms with E-state index in [2.05, 4.69) is 15.0 Å². The van der Waals surface area contributed by atoms with Crippen LogP contribution in [0.4, 0.5) is 0 Å². The highest BCUT2D eigenvalue weighted by atomic mass is 16.5. The molecular weight excluding hydrogens is 316 g/mol. The Hall–Kier alpha value is -3.41. The Morgan fingerprint density at radius 3 is 2.40 bits per heavy atom. The molecule has 0 fully saturated rings. The molecule has 4 aromatic rings. The van der Waals surface area contributed by atoms with Gasteiger partial charge in [0.05, 0.1) is 19.7 Å². The van der Waals surface area contributed by atoms with E-state index in [9.17, 15) is 0 Å². The summed E-state index contributed by atoms with van der Waals surface area (Å²) >= 11 is 0. The van der Waals surface area contributed by atoms with Crippen molar-refractivity contribution in [2.75, 3.05) is 14.2 Å². The van der Waals surface area contributed by atoms with Crippen LogP contribution in [0.1, 0.15) is 0 Å². The minimum atomic E-state index is 0.632. The molecule has 0 radical (unpaired) electrons. The summed E-state index contributed by atoms with van der Waals surface area (Å²) in [7, 11) is 3.22. The summed E-state index contributed by atoms with van der Waals surface area (Å²) in [4.78, 5) is 13.3. The van der Waals surface area contributed by atoms with Crippen LogP contribution < -0.4 is 9.47 Å². The molecule has 0 amide bonds. The summed E-state index contributed by atoms with van der Waals surface area (Å²) in [6.45, 7) is 0. The lowest BCUT2D eigenvalue weighted by atomic mass is 10.2. The molecule has 0 spiro atoms. The van der Waals surface area contributed by atoms with Crippen molar-refractivity contribution in [3.63, 3.8) is 0 Å². The fraction of sp³-hybridized carbons (Fsp3) is 0.105. The van der Waals surface area contributed by atoms with Gasteiger partial charge in [0.25, 0.3) is 0 Å². The van der Waals surface area contributed by atoms with Gasteiger partial charge in [-0.2, -0.15) is 0 Å². The van der Waals surface area contributed by atoms with Crippen LogP contribution in [-0.4, -0.2) is 33.7 Å². The van der Waals surface area contributed by atoms with Gasteiger partial charge in [0, 0.05) is 29.4 Å². The molecule has 0 aliphatic heterocycles. The molecule has 2 heterocycles. The maximum atomic E-state index is 5.43. The average Bonchev–Trinajstić information content (AvgIpc) is 3.16. The predicted octanol–water partition coefficient (Wildman–Crippen LogP) is 3.50. The first kappa shape index (κ1) is 15.1. The lowest BCUT2D eigenvalue weighted by Crippen LogP contribution is -2.02. The summed E-state index contributed by atoms with van der Waals surface area (Å²) in [5, 5.41) is 0.857. The number of rotatable bonds is 4.